The number of carbonyl (C=O) groups excluding carboxylic acids is 2. The SMILES string of the molecule is COc1cccc(/C(O)=C2\C(=O)C(=O)N(c3ccc(C(F)(F)F)cc3)C2c2cccc(OC)c2)c1. The predicted octanol–water partition coefficient (Wildman–Crippen LogP) is 5.35. The summed E-state index contributed by atoms with van der Waals surface area (Å²) in [7, 11) is 2.89. The molecule has 1 unspecified atom stereocenters. The van der Waals surface area contributed by atoms with Gasteiger partial charge in [0, 0.05) is 11.3 Å². The van der Waals surface area contributed by atoms with Gasteiger partial charge in [0.05, 0.1) is 31.4 Å². The van der Waals surface area contributed by atoms with Gasteiger partial charge in [-0.15, -0.1) is 0 Å². The van der Waals surface area contributed by atoms with E-state index in [0.29, 0.717) is 17.1 Å². The molecule has 1 amide bonds. The molecule has 0 aliphatic carbocycles. The van der Waals surface area contributed by atoms with Crippen molar-refractivity contribution in [2.45, 2.75) is 12.2 Å². The van der Waals surface area contributed by atoms with Crippen LogP contribution in [0.1, 0.15) is 22.7 Å². The van der Waals surface area contributed by atoms with E-state index < -0.39 is 35.2 Å². The van der Waals surface area contributed by atoms with Gasteiger partial charge >= 0.3 is 6.18 Å². The van der Waals surface area contributed by atoms with Crippen LogP contribution in [0, 0.1) is 0 Å². The Bertz CT molecular complexity index is 1320. The van der Waals surface area contributed by atoms with Crippen LogP contribution in [0.3, 0.4) is 0 Å². The first-order valence-corrected chi connectivity index (χ1v) is 10.4. The Morgan fingerprint density at radius 3 is 2.09 bits per heavy atom. The molecule has 4 rings (SSSR count). The lowest BCUT2D eigenvalue weighted by Crippen LogP contribution is -2.29. The second-order valence-corrected chi connectivity index (χ2v) is 7.72. The number of hydrogen-bond donors (Lipinski definition) is 1. The Kier molecular flexibility index (Phi) is 6.26. The zero-order chi connectivity index (χ0) is 25.3. The number of Topliss-reactive ketones (excluding diaryl/α,β-unsaturated/α-hetero) is 1. The molecule has 180 valence electrons. The molecule has 0 saturated carbocycles. The minimum atomic E-state index is -4.56. The van der Waals surface area contributed by atoms with E-state index in [4.69, 9.17) is 9.47 Å². The number of anilines is 1. The normalized spacial score (nSPS) is 17.5. The van der Waals surface area contributed by atoms with E-state index in [0.717, 1.165) is 29.2 Å². The third-order valence-electron chi connectivity index (χ3n) is 5.67. The van der Waals surface area contributed by atoms with Crippen molar-refractivity contribution in [1.82, 2.24) is 0 Å². The van der Waals surface area contributed by atoms with Crippen LogP contribution in [-0.4, -0.2) is 31.0 Å². The van der Waals surface area contributed by atoms with Crippen molar-refractivity contribution in [1.29, 1.82) is 0 Å². The molecule has 0 aromatic heterocycles. The van der Waals surface area contributed by atoms with Gasteiger partial charge in [-0.25, -0.2) is 0 Å². The molecule has 1 fully saturated rings. The summed E-state index contributed by atoms with van der Waals surface area (Å²) in [5.74, 6) is -1.55. The Morgan fingerprint density at radius 2 is 1.49 bits per heavy atom. The van der Waals surface area contributed by atoms with Crippen LogP contribution in [0.25, 0.3) is 5.76 Å². The van der Waals surface area contributed by atoms with Gasteiger partial charge in [0.25, 0.3) is 11.7 Å². The summed E-state index contributed by atoms with van der Waals surface area (Å²) in [6.45, 7) is 0. The van der Waals surface area contributed by atoms with Gasteiger partial charge in [0.1, 0.15) is 17.3 Å². The van der Waals surface area contributed by atoms with Crippen molar-refractivity contribution in [3.05, 3.63) is 95.1 Å². The number of amides is 1. The highest BCUT2D eigenvalue weighted by molar-refractivity contribution is 6.51. The minimum Gasteiger partial charge on any atom is -0.507 e. The zero-order valence-electron chi connectivity index (χ0n) is 18.7. The number of aliphatic hydroxyl groups is 1. The maximum absolute atomic E-state index is 13.2. The van der Waals surface area contributed by atoms with Gasteiger partial charge in [-0.1, -0.05) is 24.3 Å². The van der Waals surface area contributed by atoms with Crippen LogP contribution in [0.4, 0.5) is 18.9 Å². The average molecular weight is 483 g/mol. The van der Waals surface area contributed by atoms with Crippen LogP contribution >= 0.6 is 0 Å². The van der Waals surface area contributed by atoms with Gasteiger partial charge in [-0.05, 0) is 54.1 Å². The molecule has 0 spiro atoms. The van der Waals surface area contributed by atoms with E-state index in [9.17, 15) is 27.9 Å². The predicted molar refractivity (Wildman–Crippen MR) is 122 cm³/mol. The number of benzene rings is 3. The van der Waals surface area contributed by atoms with E-state index in [-0.39, 0.29) is 16.8 Å². The Hall–Kier alpha value is -4.27. The maximum atomic E-state index is 13.2. The quantitative estimate of drug-likeness (QED) is 0.301. The van der Waals surface area contributed by atoms with Crippen molar-refractivity contribution in [3.63, 3.8) is 0 Å². The average Bonchev–Trinajstić information content (AvgIpc) is 3.13. The highest BCUT2D eigenvalue weighted by Gasteiger charge is 2.47. The lowest BCUT2D eigenvalue weighted by atomic mass is 9.95. The minimum absolute atomic E-state index is 0.0672. The van der Waals surface area contributed by atoms with Crippen molar-refractivity contribution in [2.75, 3.05) is 19.1 Å². The monoisotopic (exact) mass is 483 g/mol. The number of hydrogen-bond acceptors (Lipinski definition) is 5. The molecule has 1 heterocycles. The number of alkyl halides is 3. The van der Waals surface area contributed by atoms with Crippen LogP contribution in [0.5, 0.6) is 11.5 Å². The van der Waals surface area contributed by atoms with Crippen molar-refractivity contribution in [2.24, 2.45) is 0 Å². The molecule has 1 saturated heterocycles. The smallest absolute Gasteiger partial charge is 0.416 e. The van der Waals surface area contributed by atoms with E-state index >= 15 is 0 Å². The summed E-state index contributed by atoms with van der Waals surface area (Å²) < 4.78 is 49.7. The summed E-state index contributed by atoms with van der Waals surface area (Å²) in [6.07, 6.45) is -4.56. The second kappa shape index (κ2) is 9.17. The van der Waals surface area contributed by atoms with Gasteiger partial charge in [-0.2, -0.15) is 13.2 Å². The van der Waals surface area contributed by atoms with Crippen molar-refractivity contribution < 1.29 is 37.3 Å². The first kappa shape index (κ1) is 23.9. The zero-order valence-corrected chi connectivity index (χ0v) is 18.7. The Balaban J connectivity index is 1.92. The molecule has 0 bridgehead atoms. The molecule has 1 aliphatic rings. The number of carbonyl (C=O) groups is 2. The third kappa shape index (κ3) is 4.44. The molecule has 1 atom stereocenters. The fourth-order valence-electron chi connectivity index (χ4n) is 3.96. The number of rotatable bonds is 5. The fourth-order valence-corrected chi connectivity index (χ4v) is 3.96. The molecule has 1 N–H and O–H groups in total. The topological polar surface area (TPSA) is 76.1 Å². The van der Waals surface area contributed by atoms with Gasteiger partial charge in [-0.3, -0.25) is 14.5 Å². The Morgan fingerprint density at radius 1 is 0.886 bits per heavy atom. The van der Waals surface area contributed by atoms with Gasteiger partial charge in [0.15, 0.2) is 0 Å². The highest BCUT2D eigenvalue weighted by atomic mass is 19.4. The summed E-state index contributed by atoms with van der Waals surface area (Å²) >= 11 is 0. The molecule has 6 nitrogen and oxygen atoms in total. The highest BCUT2D eigenvalue weighted by Crippen LogP contribution is 2.43. The molecule has 35 heavy (non-hydrogen) atoms. The van der Waals surface area contributed by atoms with E-state index in [2.05, 4.69) is 0 Å². The summed E-state index contributed by atoms with van der Waals surface area (Å²) in [5.41, 5.74) is -0.378. The van der Waals surface area contributed by atoms with E-state index in [1.165, 1.54) is 20.3 Å². The van der Waals surface area contributed by atoms with E-state index in [1.54, 1.807) is 42.5 Å². The lowest BCUT2D eigenvalue weighted by molar-refractivity contribution is -0.137. The molecule has 9 heteroatoms. The molecule has 1 aliphatic heterocycles. The Labute approximate surface area is 198 Å². The standard InChI is InChI=1S/C26H20F3NO5/c1-34-19-7-3-5-15(13-19)22-21(23(31)16-6-4-8-20(14-16)35-2)24(32)25(33)30(22)18-11-9-17(10-12-18)26(27,28)29/h3-14,22,31H,1-2H3/b23-21+. The van der Waals surface area contributed by atoms with Crippen molar-refractivity contribution in [3.8, 4) is 11.5 Å². The van der Waals surface area contributed by atoms with Gasteiger partial charge < -0.3 is 14.6 Å². The molecular weight excluding hydrogens is 463 g/mol. The number of methoxy groups -OCH3 is 2. The second-order valence-electron chi connectivity index (χ2n) is 7.72. The van der Waals surface area contributed by atoms with E-state index in [1.807, 2.05) is 0 Å². The lowest BCUT2D eigenvalue weighted by Gasteiger charge is -2.26. The van der Waals surface area contributed by atoms with Crippen LogP contribution in [0.2, 0.25) is 0 Å². The first-order valence-electron chi connectivity index (χ1n) is 10.4. The number of nitrogens with zero attached hydrogens (tertiary/aromatic N) is 1. The summed E-state index contributed by atoms with van der Waals surface area (Å²) in [6, 6.07) is 15.6. The number of halogens is 3. The molecule has 3 aromatic carbocycles. The maximum Gasteiger partial charge on any atom is 0.416 e. The first-order chi connectivity index (χ1) is 16.7. The molecule has 0 radical (unpaired) electrons. The van der Waals surface area contributed by atoms with Crippen LogP contribution < -0.4 is 14.4 Å². The summed E-state index contributed by atoms with van der Waals surface area (Å²) in [5, 5.41) is 11.1. The summed E-state index contributed by atoms with van der Waals surface area (Å²) in [4.78, 5) is 27.4. The van der Waals surface area contributed by atoms with Crippen molar-refractivity contribution >= 4 is 23.1 Å². The number of ether oxygens (including phenoxy) is 2. The number of aliphatic hydroxyl groups excluding tert-OH is 1. The van der Waals surface area contributed by atoms with Crippen LogP contribution in [0.15, 0.2) is 78.4 Å². The van der Waals surface area contributed by atoms with Gasteiger partial charge in [0.2, 0.25) is 0 Å². The molecular formula is C26H20F3NO5. The number of ketones is 1. The third-order valence-corrected chi connectivity index (χ3v) is 5.67. The largest absolute Gasteiger partial charge is 0.507 e. The molecule has 3 aromatic rings. The fraction of sp³-hybridized carbons (Fsp3) is 0.154. The van der Waals surface area contributed by atoms with Crippen LogP contribution in [-0.2, 0) is 15.8 Å².